The molecule has 3 heterocycles. The van der Waals surface area contributed by atoms with Crippen LogP contribution in [0.25, 0.3) is 0 Å². The number of methoxy groups -OCH3 is 1. The number of ether oxygens (including phenoxy) is 2. The lowest BCUT2D eigenvalue weighted by molar-refractivity contribution is 0.0515. The second kappa shape index (κ2) is 8.94. The summed E-state index contributed by atoms with van der Waals surface area (Å²) in [4.78, 5) is 15.0. The van der Waals surface area contributed by atoms with Crippen LogP contribution in [0.3, 0.4) is 0 Å². The van der Waals surface area contributed by atoms with Crippen molar-refractivity contribution in [2.24, 2.45) is 0 Å². The number of rotatable bonds is 7. The quantitative estimate of drug-likeness (QED) is 0.680. The predicted molar refractivity (Wildman–Crippen MR) is 109 cm³/mol. The number of nitrogens with zero attached hydrogens (tertiary/aromatic N) is 3. The Morgan fingerprint density at radius 2 is 2.14 bits per heavy atom. The van der Waals surface area contributed by atoms with Crippen molar-refractivity contribution in [1.82, 2.24) is 25.5 Å². The van der Waals surface area contributed by atoms with Crippen molar-refractivity contribution in [3.8, 4) is 5.75 Å². The third-order valence-corrected chi connectivity index (χ3v) is 5.58. The second-order valence-electron chi connectivity index (χ2n) is 7.54. The van der Waals surface area contributed by atoms with E-state index in [0.29, 0.717) is 24.9 Å². The second-order valence-corrected chi connectivity index (χ2v) is 7.54. The van der Waals surface area contributed by atoms with Crippen LogP contribution in [0.15, 0.2) is 24.3 Å². The Labute approximate surface area is 171 Å². The van der Waals surface area contributed by atoms with Crippen LogP contribution in [-0.2, 0) is 24.2 Å². The first-order valence-electron chi connectivity index (χ1n) is 10.3. The van der Waals surface area contributed by atoms with E-state index < -0.39 is 0 Å². The molecule has 8 nitrogen and oxygen atoms in total. The normalized spacial score (nSPS) is 19.2. The maximum absolute atomic E-state index is 12.6. The summed E-state index contributed by atoms with van der Waals surface area (Å²) in [6.45, 7) is 6.44. The van der Waals surface area contributed by atoms with Gasteiger partial charge in [0, 0.05) is 49.9 Å². The number of hydrazine groups is 1. The van der Waals surface area contributed by atoms with E-state index in [1.807, 2.05) is 35.9 Å². The predicted octanol–water partition coefficient (Wildman–Crippen LogP) is 1.34. The summed E-state index contributed by atoms with van der Waals surface area (Å²) in [5, 5.41) is 4.67. The molecule has 1 unspecified atom stereocenters. The van der Waals surface area contributed by atoms with E-state index >= 15 is 0 Å². The minimum absolute atomic E-state index is 0.334. The van der Waals surface area contributed by atoms with Crippen LogP contribution >= 0.6 is 0 Å². The molecule has 8 heteroatoms. The van der Waals surface area contributed by atoms with Gasteiger partial charge in [-0.05, 0) is 31.0 Å². The van der Waals surface area contributed by atoms with E-state index in [2.05, 4.69) is 20.9 Å². The van der Waals surface area contributed by atoms with E-state index in [4.69, 9.17) is 9.47 Å². The summed E-state index contributed by atoms with van der Waals surface area (Å²) in [6, 6.07) is 8.40. The molecular weight excluding hydrogens is 370 g/mol. The molecule has 29 heavy (non-hydrogen) atoms. The largest absolute Gasteiger partial charge is 0.497 e. The minimum Gasteiger partial charge on any atom is -0.497 e. The molecule has 1 fully saturated rings. The number of carbonyl (C=O) groups is 1. The van der Waals surface area contributed by atoms with Gasteiger partial charge in [-0.2, -0.15) is 5.10 Å². The van der Waals surface area contributed by atoms with Gasteiger partial charge in [0.25, 0.3) is 0 Å². The highest BCUT2D eigenvalue weighted by Crippen LogP contribution is 2.25. The van der Waals surface area contributed by atoms with Crippen LogP contribution in [0, 0.1) is 0 Å². The molecule has 1 saturated heterocycles. The van der Waals surface area contributed by atoms with Crippen LogP contribution in [0.4, 0.5) is 0 Å². The Kier molecular flexibility index (Phi) is 6.13. The average Bonchev–Trinajstić information content (AvgIpc) is 3.37. The van der Waals surface area contributed by atoms with Gasteiger partial charge < -0.3 is 9.47 Å². The Morgan fingerprint density at radius 1 is 1.31 bits per heavy atom. The third kappa shape index (κ3) is 4.44. The van der Waals surface area contributed by atoms with Crippen LogP contribution in [0.1, 0.15) is 40.7 Å². The highest BCUT2D eigenvalue weighted by Gasteiger charge is 2.30. The number of fused-ring (bicyclic) bond motifs is 1. The van der Waals surface area contributed by atoms with E-state index in [-0.39, 0.29) is 5.97 Å². The SMILES string of the molecule is CCOC(=O)c1nn(Cc2ccc(OC)cc2)c2c1CN(CC1CCNN1)CC2. The van der Waals surface area contributed by atoms with Gasteiger partial charge in [-0.1, -0.05) is 12.1 Å². The molecular formula is C21H29N5O3. The van der Waals surface area contributed by atoms with Crippen molar-refractivity contribution in [3.63, 3.8) is 0 Å². The first-order chi connectivity index (χ1) is 14.2. The van der Waals surface area contributed by atoms with Crippen molar-refractivity contribution in [1.29, 1.82) is 0 Å². The number of aromatic nitrogens is 2. The summed E-state index contributed by atoms with van der Waals surface area (Å²) in [6.07, 6.45) is 1.99. The zero-order valence-electron chi connectivity index (χ0n) is 17.1. The van der Waals surface area contributed by atoms with Crippen molar-refractivity contribution in [2.75, 3.05) is 33.4 Å². The first kappa shape index (κ1) is 19.9. The molecule has 2 aliphatic rings. The van der Waals surface area contributed by atoms with Crippen molar-refractivity contribution in [2.45, 2.75) is 38.9 Å². The maximum Gasteiger partial charge on any atom is 0.359 e. The van der Waals surface area contributed by atoms with Crippen molar-refractivity contribution in [3.05, 3.63) is 46.8 Å². The Balaban J connectivity index is 1.57. The van der Waals surface area contributed by atoms with Gasteiger partial charge >= 0.3 is 5.97 Å². The van der Waals surface area contributed by atoms with Crippen LogP contribution < -0.4 is 15.6 Å². The zero-order chi connectivity index (χ0) is 20.2. The Hall–Kier alpha value is -2.42. The molecule has 0 aliphatic carbocycles. The number of benzene rings is 1. The number of hydrogen-bond acceptors (Lipinski definition) is 7. The van der Waals surface area contributed by atoms with E-state index in [1.54, 1.807) is 7.11 Å². The fourth-order valence-electron chi connectivity index (χ4n) is 4.08. The topological polar surface area (TPSA) is 80.6 Å². The fraction of sp³-hybridized carbons (Fsp3) is 0.524. The van der Waals surface area contributed by atoms with Gasteiger partial charge in [0.15, 0.2) is 5.69 Å². The molecule has 2 aliphatic heterocycles. The van der Waals surface area contributed by atoms with E-state index in [0.717, 1.165) is 61.6 Å². The van der Waals surface area contributed by atoms with E-state index in [9.17, 15) is 4.79 Å². The lowest BCUT2D eigenvalue weighted by atomic mass is 10.0. The van der Waals surface area contributed by atoms with Gasteiger partial charge in [-0.15, -0.1) is 0 Å². The highest BCUT2D eigenvalue weighted by atomic mass is 16.5. The molecule has 2 N–H and O–H groups in total. The van der Waals surface area contributed by atoms with Gasteiger partial charge in [0.2, 0.25) is 0 Å². The van der Waals surface area contributed by atoms with Crippen molar-refractivity contribution >= 4 is 5.97 Å². The van der Waals surface area contributed by atoms with Crippen molar-refractivity contribution < 1.29 is 14.3 Å². The smallest absolute Gasteiger partial charge is 0.359 e. The maximum atomic E-state index is 12.6. The molecule has 0 radical (unpaired) electrons. The summed E-state index contributed by atoms with van der Waals surface area (Å²) < 4.78 is 12.5. The number of carbonyl (C=O) groups excluding carboxylic acids is 1. The van der Waals surface area contributed by atoms with Crippen LogP contribution in [0.5, 0.6) is 5.75 Å². The average molecular weight is 399 g/mol. The lowest BCUT2D eigenvalue weighted by Gasteiger charge is -2.29. The molecule has 156 valence electrons. The molecule has 0 saturated carbocycles. The van der Waals surface area contributed by atoms with Gasteiger partial charge in [-0.25, -0.2) is 4.79 Å². The van der Waals surface area contributed by atoms with E-state index in [1.165, 1.54) is 0 Å². The Morgan fingerprint density at radius 3 is 2.83 bits per heavy atom. The molecule has 0 spiro atoms. The molecule has 1 atom stereocenters. The van der Waals surface area contributed by atoms with Gasteiger partial charge in [0.05, 0.1) is 20.3 Å². The van der Waals surface area contributed by atoms with Crippen LogP contribution in [-0.4, -0.2) is 60.0 Å². The monoisotopic (exact) mass is 399 g/mol. The molecule has 1 aromatic heterocycles. The molecule has 0 bridgehead atoms. The molecule has 4 rings (SSSR count). The summed E-state index contributed by atoms with van der Waals surface area (Å²) in [5.41, 5.74) is 10.2. The summed E-state index contributed by atoms with van der Waals surface area (Å²) in [7, 11) is 1.66. The standard InChI is InChI=1S/C21H29N5O3/c1-3-29-21(27)20-18-14-25(13-16-8-10-22-23-16)11-9-19(18)26(24-20)12-15-4-6-17(28-2)7-5-15/h4-7,16,22-23H,3,8-14H2,1-2H3. The lowest BCUT2D eigenvalue weighted by Crippen LogP contribution is -2.42. The van der Waals surface area contributed by atoms with Crippen LogP contribution in [0.2, 0.25) is 0 Å². The minimum atomic E-state index is -0.334. The zero-order valence-corrected chi connectivity index (χ0v) is 17.1. The molecule has 1 aromatic carbocycles. The molecule has 2 aromatic rings. The highest BCUT2D eigenvalue weighted by molar-refractivity contribution is 5.89. The molecule has 0 amide bonds. The number of hydrogen-bond donors (Lipinski definition) is 2. The van der Waals surface area contributed by atoms with Gasteiger partial charge in [0.1, 0.15) is 5.75 Å². The fourth-order valence-corrected chi connectivity index (χ4v) is 4.08. The number of esters is 1. The van der Waals surface area contributed by atoms with Gasteiger partial charge in [-0.3, -0.25) is 20.4 Å². The summed E-state index contributed by atoms with van der Waals surface area (Å²) >= 11 is 0. The number of nitrogens with one attached hydrogen (secondary N) is 2. The summed E-state index contributed by atoms with van der Waals surface area (Å²) in [5.74, 6) is 0.494. The Bertz CT molecular complexity index is 843. The third-order valence-electron chi connectivity index (χ3n) is 5.58. The first-order valence-corrected chi connectivity index (χ1v) is 10.3.